The van der Waals surface area contributed by atoms with Crippen molar-refractivity contribution in [2.75, 3.05) is 6.61 Å². The van der Waals surface area contributed by atoms with Gasteiger partial charge in [-0.1, -0.05) is 6.07 Å². The Morgan fingerprint density at radius 2 is 2.15 bits per heavy atom. The molecule has 0 bridgehead atoms. The fourth-order valence-corrected chi connectivity index (χ4v) is 1.68. The van der Waals surface area contributed by atoms with Gasteiger partial charge in [-0.3, -0.25) is 4.79 Å². The Morgan fingerprint density at radius 3 is 2.85 bits per heavy atom. The van der Waals surface area contributed by atoms with Crippen LogP contribution in [0.4, 0.5) is 0 Å². The maximum absolute atomic E-state index is 11.9. The molecule has 2 aromatic rings. The quantitative estimate of drug-likeness (QED) is 0.893. The SMILES string of the molecule is CCOc1cc(CN)ccc1Oc1nccn(C)c1=O. The smallest absolute Gasteiger partial charge is 0.313 e. The average Bonchev–Trinajstić information content (AvgIpc) is 2.46. The predicted molar refractivity (Wildman–Crippen MR) is 75.1 cm³/mol. The van der Waals surface area contributed by atoms with Crippen LogP contribution in [0.5, 0.6) is 17.4 Å². The molecule has 1 aromatic heterocycles. The highest BCUT2D eigenvalue weighted by atomic mass is 16.5. The van der Waals surface area contributed by atoms with Crippen LogP contribution in [0.2, 0.25) is 0 Å². The molecule has 0 saturated heterocycles. The number of nitrogens with two attached hydrogens (primary N) is 1. The highest BCUT2D eigenvalue weighted by molar-refractivity contribution is 5.44. The minimum atomic E-state index is -0.308. The number of aryl methyl sites for hydroxylation is 1. The lowest BCUT2D eigenvalue weighted by Gasteiger charge is -2.12. The maximum Gasteiger partial charge on any atom is 0.313 e. The van der Waals surface area contributed by atoms with E-state index < -0.39 is 0 Å². The maximum atomic E-state index is 11.9. The highest BCUT2D eigenvalue weighted by Crippen LogP contribution is 2.30. The number of ether oxygens (including phenoxy) is 2. The van der Waals surface area contributed by atoms with Crippen molar-refractivity contribution in [2.45, 2.75) is 13.5 Å². The molecule has 0 amide bonds. The van der Waals surface area contributed by atoms with Crippen molar-refractivity contribution in [1.29, 1.82) is 0 Å². The zero-order valence-corrected chi connectivity index (χ0v) is 11.5. The Kier molecular flexibility index (Phi) is 4.37. The fourth-order valence-electron chi connectivity index (χ4n) is 1.68. The van der Waals surface area contributed by atoms with E-state index in [1.165, 1.54) is 10.8 Å². The molecule has 0 spiro atoms. The lowest BCUT2D eigenvalue weighted by atomic mass is 10.2. The fraction of sp³-hybridized carbons (Fsp3) is 0.286. The van der Waals surface area contributed by atoms with Crippen molar-refractivity contribution in [3.63, 3.8) is 0 Å². The molecule has 0 fully saturated rings. The van der Waals surface area contributed by atoms with Crippen molar-refractivity contribution < 1.29 is 9.47 Å². The molecule has 1 aromatic carbocycles. The number of rotatable bonds is 5. The van der Waals surface area contributed by atoms with Crippen molar-refractivity contribution in [3.05, 3.63) is 46.5 Å². The van der Waals surface area contributed by atoms with E-state index in [0.717, 1.165) is 5.56 Å². The summed E-state index contributed by atoms with van der Waals surface area (Å²) in [6.07, 6.45) is 3.07. The second kappa shape index (κ2) is 6.21. The summed E-state index contributed by atoms with van der Waals surface area (Å²) in [6, 6.07) is 5.35. The van der Waals surface area contributed by atoms with E-state index in [9.17, 15) is 4.79 Å². The second-order valence-corrected chi connectivity index (χ2v) is 4.17. The lowest BCUT2D eigenvalue weighted by molar-refractivity contribution is 0.318. The molecule has 2 N–H and O–H groups in total. The van der Waals surface area contributed by atoms with E-state index >= 15 is 0 Å². The van der Waals surface area contributed by atoms with Gasteiger partial charge in [0.05, 0.1) is 6.61 Å². The highest BCUT2D eigenvalue weighted by Gasteiger charge is 2.11. The lowest BCUT2D eigenvalue weighted by Crippen LogP contribution is -2.18. The zero-order valence-electron chi connectivity index (χ0n) is 11.5. The van der Waals surface area contributed by atoms with Gasteiger partial charge < -0.3 is 19.8 Å². The number of benzene rings is 1. The van der Waals surface area contributed by atoms with Crippen LogP contribution in [0.25, 0.3) is 0 Å². The summed E-state index contributed by atoms with van der Waals surface area (Å²) in [6.45, 7) is 2.77. The Labute approximate surface area is 116 Å². The molecular weight excluding hydrogens is 258 g/mol. The molecule has 0 aliphatic rings. The van der Waals surface area contributed by atoms with Crippen molar-refractivity contribution in [2.24, 2.45) is 12.8 Å². The van der Waals surface area contributed by atoms with Crippen molar-refractivity contribution >= 4 is 0 Å². The molecule has 106 valence electrons. The standard InChI is InChI=1S/C14H17N3O3/c1-3-19-12-8-10(9-15)4-5-11(12)20-13-14(18)17(2)7-6-16-13/h4-8H,3,9,15H2,1-2H3. The van der Waals surface area contributed by atoms with Crippen LogP contribution < -0.4 is 20.8 Å². The minimum Gasteiger partial charge on any atom is -0.490 e. The molecule has 6 nitrogen and oxygen atoms in total. The van der Waals surface area contributed by atoms with Gasteiger partial charge in [0.25, 0.3) is 5.88 Å². The topological polar surface area (TPSA) is 79.4 Å². The van der Waals surface area contributed by atoms with E-state index in [0.29, 0.717) is 24.7 Å². The van der Waals surface area contributed by atoms with Gasteiger partial charge in [0.15, 0.2) is 11.5 Å². The van der Waals surface area contributed by atoms with E-state index in [-0.39, 0.29) is 11.4 Å². The molecule has 1 heterocycles. The molecule has 0 saturated carbocycles. The summed E-state index contributed by atoms with van der Waals surface area (Å²) in [5.74, 6) is 0.999. The van der Waals surface area contributed by atoms with Gasteiger partial charge in [-0.25, -0.2) is 4.98 Å². The minimum absolute atomic E-state index is 0.0106. The Balaban J connectivity index is 2.37. The van der Waals surface area contributed by atoms with Gasteiger partial charge in [0.1, 0.15) is 0 Å². The van der Waals surface area contributed by atoms with Crippen LogP contribution in [0.1, 0.15) is 12.5 Å². The van der Waals surface area contributed by atoms with E-state index in [4.69, 9.17) is 15.2 Å². The first-order valence-corrected chi connectivity index (χ1v) is 6.31. The first-order valence-electron chi connectivity index (χ1n) is 6.31. The van der Waals surface area contributed by atoms with E-state index in [2.05, 4.69) is 4.98 Å². The first kappa shape index (κ1) is 14.1. The summed E-state index contributed by atoms with van der Waals surface area (Å²) in [4.78, 5) is 15.8. The summed E-state index contributed by atoms with van der Waals surface area (Å²) >= 11 is 0. The molecule has 0 unspecified atom stereocenters. The number of aromatic nitrogens is 2. The molecule has 0 aliphatic heterocycles. The van der Waals surface area contributed by atoms with Crippen LogP contribution >= 0.6 is 0 Å². The Hall–Kier alpha value is -2.34. The second-order valence-electron chi connectivity index (χ2n) is 4.17. The number of hydrogen-bond acceptors (Lipinski definition) is 5. The van der Waals surface area contributed by atoms with E-state index in [1.807, 2.05) is 13.0 Å². The molecule has 2 rings (SSSR count). The van der Waals surface area contributed by atoms with Crippen LogP contribution in [0.3, 0.4) is 0 Å². The summed E-state index contributed by atoms with van der Waals surface area (Å²) in [5.41, 5.74) is 6.22. The number of hydrogen-bond donors (Lipinski definition) is 1. The van der Waals surface area contributed by atoms with Crippen LogP contribution in [-0.2, 0) is 13.6 Å². The number of nitrogens with zero attached hydrogens (tertiary/aromatic N) is 2. The largest absolute Gasteiger partial charge is 0.490 e. The average molecular weight is 275 g/mol. The molecular formula is C14H17N3O3. The molecule has 6 heteroatoms. The molecule has 0 radical (unpaired) electrons. The molecule has 0 aliphatic carbocycles. The first-order chi connectivity index (χ1) is 9.65. The van der Waals surface area contributed by atoms with Gasteiger partial charge in [0, 0.05) is 26.0 Å². The normalized spacial score (nSPS) is 10.3. The van der Waals surface area contributed by atoms with Gasteiger partial charge in [0.2, 0.25) is 0 Å². The Bertz CT molecular complexity index is 652. The third-order valence-corrected chi connectivity index (χ3v) is 2.74. The van der Waals surface area contributed by atoms with Crippen LogP contribution in [0, 0.1) is 0 Å². The van der Waals surface area contributed by atoms with Gasteiger partial charge in [-0.2, -0.15) is 0 Å². The van der Waals surface area contributed by atoms with E-state index in [1.54, 1.807) is 25.4 Å². The molecule has 0 atom stereocenters. The summed E-state index contributed by atoms with van der Waals surface area (Å²) in [5, 5.41) is 0. The zero-order chi connectivity index (χ0) is 14.5. The van der Waals surface area contributed by atoms with Gasteiger partial charge >= 0.3 is 5.56 Å². The summed E-state index contributed by atoms with van der Waals surface area (Å²) in [7, 11) is 1.64. The van der Waals surface area contributed by atoms with Crippen LogP contribution in [0.15, 0.2) is 35.4 Å². The van der Waals surface area contributed by atoms with Crippen LogP contribution in [-0.4, -0.2) is 16.2 Å². The van der Waals surface area contributed by atoms with Crippen molar-refractivity contribution in [1.82, 2.24) is 9.55 Å². The van der Waals surface area contributed by atoms with Crippen molar-refractivity contribution in [3.8, 4) is 17.4 Å². The predicted octanol–water partition coefficient (Wildman–Crippen LogP) is 1.43. The monoisotopic (exact) mass is 275 g/mol. The van der Waals surface area contributed by atoms with Gasteiger partial charge in [-0.15, -0.1) is 0 Å². The molecule has 20 heavy (non-hydrogen) atoms. The third kappa shape index (κ3) is 2.97. The third-order valence-electron chi connectivity index (χ3n) is 2.74. The summed E-state index contributed by atoms with van der Waals surface area (Å²) < 4.78 is 12.5. The Morgan fingerprint density at radius 1 is 1.35 bits per heavy atom. The van der Waals surface area contributed by atoms with Gasteiger partial charge in [-0.05, 0) is 24.6 Å².